The number of Topliss-reactive ketones (excluding diaryl/α,β-unsaturated/α-hetero) is 1. The Bertz CT molecular complexity index is 791. The van der Waals surface area contributed by atoms with Gasteiger partial charge in [0.05, 0.1) is 23.8 Å². The van der Waals surface area contributed by atoms with Gasteiger partial charge in [0.25, 0.3) is 0 Å². The molecular weight excluding hydrogens is 328 g/mol. The molecule has 0 saturated heterocycles. The molecule has 0 aromatic carbocycles. The Kier molecular flexibility index (Phi) is 4.99. The van der Waals surface area contributed by atoms with Crippen molar-refractivity contribution in [3.63, 3.8) is 0 Å². The minimum Gasteiger partial charge on any atom is -0.462 e. The topological polar surface area (TPSA) is 68.3 Å². The number of aromatic nitrogens is 1. The Balaban J connectivity index is 2.11. The molecule has 0 spiro atoms. The van der Waals surface area contributed by atoms with Gasteiger partial charge in [-0.15, -0.1) is 0 Å². The quantitative estimate of drug-likeness (QED) is 0.836. The highest BCUT2D eigenvalue weighted by Crippen LogP contribution is 2.46. The average Bonchev–Trinajstić information content (AvgIpc) is 2.58. The molecule has 1 atom stereocenters. The van der Waals surface area contributed by atoms with Crippen molar-refractivity contribution in [2.75, 3.05) is 6.61 Å². The molecule has 1 unspecified atom stereocenters. The Hall–Kier alpha value is -2.43. The SMILES string of the molecule is CCCOC(=O)C1=C(C)NC2=C(C(=O)CC(C)(C)C2)C1c1ccccn1. The molecule has 3 rings (SSSR count). The number of nitrogens with one attached hydrogen (secondary N) is 1. The van der Waals surface area contributed by atoms with Crippen molar-refractivity contribution >= 4 is 11.8 Å². The van der Waals surface area contributed by atoms with Crippen molar-refractivity contribution in [3.05, 3.63) is 52.6 Å². The van der Waals surface area contributed by atoms with Crippen LogP contribution in [0.2, 0.25) is 0 Å². The van der Waals surface area contributed by atoms with E-state index in [1.165, 1.54) is 0 Å². The highest BCUT2D eigenvalue weighted by molar-refractivity contribution is 6.04. The lowest BCUT2D eigenvalue weighted by Crippen LogP contribution is -2.39. The predicted octanol–water partition coefficient (Wildman–Crippen LogP) is 3.64. The first-order chi connectivity index (χ1) is 12.3. The number of dihydropyridines is 1. The zero-order chi connectivity index (χ0) is 18.9. The minimum atomic E-state index is -0.472. The van der Waals surface area contributed by atoms with E-state index in [9.17, 15) is 9.59 Å². The van der Waals surface area contributed by atoms with E-state index in [-0.39, 0.29) is 17.2 Å². The van der Waals surface area contributed by atoms with Gasteiger partial charge in [0.2, 0.25) is 0 Å². The maximum atomic E-state index is 13.0. The third kappa shape index (κ3) is 3.43. The number of ketones is 1. The number of ether oxygens (including phenoxy) is 1. The van der Waals surface area contributed by atoms with E-state index in [2.05, 4.69) is 24.1 Å². The molecule has 1 N–H and O–H groups in total. The van der Waals surface area contributed by atoms with Crippen LogP contribution in [-0.2, 0) is 14.3 Å². The van der Waals surface area contributed by atoms with Crippen LogP contribution in [0.15, 0.2) is 46.9 Å². The lowest BCUT2D eigenvalue weighted by molar-refractivity contribution is -0.139. The second kappa shape index (κ2) is 7.06. The smallest absolute Gasteiger partial charge is 0.336 e. The normalized spacial score (nSPS) is 22.0. The molecule has 1 aliphatic heterocycles. The first-order valence-electron chi connectivity index (χ1n) is 9.16. The van der Waals surface area contributed by atoms with Gasteiger partial charge >= 0.3 is 5.97 Å². The summed E-state index contributed by atoms with van der Waals surface area (Å²) in [5.74, 6) is -0.773. The lowest BCUT2D eigenvalue weighted by Gasteiger charge is -2.39. The van der Waals surface area contributed by atoms with Crippen LogP contribution >= 0.6 is 0 Å². The van der Waals surface area contributed by atoms with Crippen LogP contribution in [0.1, 0.15) is 58.6 Å². The first kappa shape index (κ1) is 18.4. The summed E-state index contributed by atoms with van der Waals surface area (Å²) < 4.78 is 5.41. The molecule has 2 heterocycles. The summed E-state index contributed by atoms with van der Waals surface area (Å²) in [6, 6.07) is 5.58. The standard InChI is InChI=1S/C21H26N2O3/c1-5-10-26-20(25)17-13(2)23-15-11-21(3,4)12-16(24)18(15)19(17)14-8-6-7-9-22-14/h6-9,19,23H,5,10-12H2,1-4H3. The fourth-order valence-corrected chi connectivity index (χ4v) is 3.82. The Labute approximate surface area is 154 Å². The minimum absolute atomic E-state index is 0.0766. The predicted molar refractivity (Wildman–Crippen MR) is 99.1 cm³/mol. The van der Waals surface area contributed by atoms with E-state index in [1.807, 2.05) is 32.0 Å². The molecule has 26 heavy (non-hydrogen) atoms. The zero-order valence-electron chi connectivity index (χ0n) is 15.9. The number of esters is 1. The van der Waals surface area contributed by atoms with Gasteiger partial charge < -0.3 is 10.1 Å². The third-order valence-corrected chi connectivity index (χ3v) is 4.88. The van der Waals surface area contributed by atoms with Gasteiger partial charge in [0.1, 0.15) is 0 Å². The summed E-state index contributed by atoms with van der Waals surface area (Å²) in [5, 5.41) is 3.32. The van der Waals surface area contributed by atoms with Gasteiger partial charge in [-0.1, -0.05) is 26.8 Å². The average molecular weight is 354 g/mol. The highest BCUT2D eigenvalue weighted by Gasteiger charge is 2.43. The van der Waals surface area contributed by atoms with E-state index in [1.54, 1.807) is 6.20 Å². The van der Waals surface area contributed by atoms with Crippen molar-refractivity contribution in [2.45, 2.75) is 52.9 Å². The highest BCUT2D eigenvalue weighted by atomic mass is 16.5. The Morgan fingerprint density at radius 3 is 2.77 bits per heavy atom. The third-order valence-electron chi connectivity index (χ3n) is 4.88. The van der Waals surface area contributed by atoms with E-state index in [4.69, 9.17) is 4.74 Å². The van der Waals surface area contributed by atoms with Gasteiger partial charge in [0.15, 0.2) is 5.78 Å². The monoisotopic (exact) mass is 354 g/mol. The number of carbonyl (C=O) groups excluding carboxylic acids is 2. The Morgan fingerprint density at radius 2 is 2.12 bits per heavy atom. The van der Waals surface area contributed by atoms with Crippen LogP contribution in [0.3, 0.4) is 0 Å². The lowest BCUT2D eigenvalue weighted by atomic mass is 9.69. The maximum Gasteiger partial charge on any atom is 0.336 e. The zero-order valence-corrected chi connectivity index (χ0v) is 15.9. The second-order valence-corrected chi connectivity index (χ2v) is 7.82. The molecule has 5 nitrogen and oxygen atoms in total. The van der Waals surface area contributed by atoms with Gasteiger partial charge in [-0.2, -0.15) is 0 Å². The van der Waals surface area contributed by atoms with Crippen molar-refractivity contribution in [3.8, 4) is 0 Å². The van der Waals surface area contributed by atoms with Crippen LogP contribution in [-0.4, -0.2) is 23.3 Å². The molecule has 0 bridgehead atoms. The van der Waals surface area contributed by atoms with E-state index in [0.717, 1.165) is 24.2 Å². The van der Waals surface area contributed by atoms with Crippen LogP contribution in [0.4, 0.5) is 0 Å². The van der Waals surface area contributed by atoms with E-state index < -0.39 is 5.92 Å². The van der Waals surface area contributed by atoms with Crippen LogP contribution in [0.25, 0.3) is 0 Å². The van der Waals surface area contributed by atoms with E-state index >= 15 is 0 Å². The van der Waals surface area contributed by atoms with Crippen molar-refractivity contribution < 1.29 is 14.3 Å². The molecule has 0 saturated carbocycles. The fourth-order valence-electron chi connectivity index (χ4n) is 3.82. The van der Waals surface area contributed by atoms with Gasteiger partial charge in [-0.3, -0.25) is 9.78 Å². The summed E-state index contributed by atoms with van der Waals surface area (Å²) >= 11 is 0. The number of hydrogen-bond donors (Lipinski definition) is 1. The number of allylic oxidation sites excluding steroid dienone is 3. The van der Waals surface area contributed by atoms with E-state index in [0.29, 0.717) is 29.9 Å². The van der Waals surface area contributed by atoms with Gasteiger partial charge in [-0.25, -0.2) is 4.79 Å². The van der Waals surface area contributed by atoms with Crippen molar-refractivity contribution in [2.24, 2.45) is 5.41 Å². The largest absolute Gasteiger partial charge is 0.462 e. The first-order valence-corrected chi connectivity index (χ1v) is 9.16. The molecule has 1 aromatic heterocycles. The summed E-state index contributed by atoms with van der Waals surface area (Å²) in [6.45, 7) is 8.37. The molecule has 1 aliphatic carbocycles. The molecule has 5 heteroatoms. The number of rotatable bonds is 4. The van der Waals surface area contributed by atoms with Crippen molar-refractivity contribution in [1.29, 1.82) is 0 Å². The Morgan fingerprint density at radius 1 is 1.35 bits per heavy atom. The van der Waals surface area contributed by atoms with Gasteiger partial charge in [-0.05, 0) is 37.3 Å². The number of nitrogens with zero attached hydrogens (tertiary/aromatic N) is 1. The molecule has 0 amide bonds. The maximum absolute atomic E-state index is 13.0. The molecule has 0 radical (unpaired) electrons. The summed E-state index contributed by atoms with van der Waals surface area (Å²) in [7, 11) is 0. The molecule has 2 aliphatic rings. The number of carbonyl (C=O) groups is 2. The molecule has 0 fully saturated rings. The number of pyridine rings is 1. The van der Waals surface area contributed by atoms with Crippen molar-refractivity contribution in [1.82, 2.24) is 10.3 Å². The summed E-state index contributed by atoms with van der Waals surface area (Å²) in [6.07, 6.45) is 3.68. The second-order valence-electron chi connectivity index (χ2n) is 7.82. The number of hydrogen-bond acceptors (Lipinski definition) is 5. The fraction of sp³-hybridized carbons (Fsp3) is 0.476. The molecule has 138 valence electrons. The van der Waals surface area contributed by atoms with Gasteiger partial charge in [0, 0.05) is 29.6 Å². The van der Waals surface area contributed by atoms with Crippen LogP contribution in [0.5, 0.6) is 0 Å². The molecular formula is C21H26N2O3. The van der Waals surface area contributed by atoms with Crippen LogP contribution < -0.4 is 5.32 Å². The summed E-state index contributed by atoms with van der Waals surface area (Å²) in [5.41, 5.74) is 3.41. The summed E-state index contributed by atoms with van der Waals surface area (Å²) in [4.78, 5) is 30.2. The molecule has 1 aromatic rings. The van der Waals surface area contributed by atoms with Crippen LogP contribution in [0, 0.1) is 5.41 Å².